The number of ketones is 1. The number of benzene rings is 1. The minimum Gasteiger partial charge on any atom is -0.293 e. The van der Waals surface area contributed by atoms with Crippen molar-refractivity contribution in [1.82, 2.24) is 19.7 Å². The molecule has 7 heteroatoms. The van der Waals surface area contributed by atoms with Gasteiger partial charge in [0, 0.05) is 63.6 Å². The second-order valence-corrected chi connectivity index (χ2v) is 8.71. The van der Waals surface area contributed by atoms with Crippen molar-refractivity contribution in [3.63, 3.8) is 0 Å². The molecule has 0 aliphatic carbocycles. The fourth-order valence-electron chi connectivity index (χ4n) is 3.43. The lowest BCUT2D eigenvalue weighted by Gasteiger charge is -2.13. The van der Waals surface area contributed by atoms with Gasteiger partial charge in [0.15, 0.2) is 5.78 Å². The van der Waals surface area contributed by atoms with Gasteiger partial charge in [-0.3, -0.25) is 19.4 Å². The number of halogens is 2. The quantitative estimate of drug-likeness (QED) is 0.307. The van der Waals surface area contributed by atoms with Crippen LogP contribution >= 0.6 is 27.5 Å². The lowest BCUT2D eigenvalue weighted by Crippen LogP contribution is -2.13. The van der Waals surface area contributed by atoms with E-state index in [9.17, 15) is 4.79 Å². The van der Waals surface area contributed by atoms with Gasteiger partial charge in [-0.1, -0.05) is 23.7 Å². The summed E-state index contributed by atoms with van der Waals surface area (Å²) >= 11 is 9.91. The van der Waals surface area contributed by atoms with Crippen molar-refractivity contribution in [1.29, 1.82) is 0 Å². The Kier molecular flexibility index (Phi) is 6.03. The van der Waals surface area contributed by atoms with Crippen LogP contribution in [0, 0.1) is 6.92 Å². The van der Waals surface area contributed by atoms with Gasteiger partial charge in [-0.25, -0.2) is 0 Å². The minimum atomic E-state index is -0.388. The molecule has 156 valence electrons. The SMILES string of the molecule is Cc1c(Br)cncc1C(=O)C(C)c1ccc(-c2cc(-c3cnn(C)c3)ccc2Cl)cn1. The average Bonchev–Trinajstić information content (AvgIpc) is 3.21. The zero-order valence-electron chi connectivity index (χ0n) is 17.3. The summed E-state index contributed by atoms with van der Waals surface area (Å²) in [6, 6.07) is 9.71. The summed E-state index contributed by atoms with van der Waals surface area (Å²) in [5, 5.41) is 4.87. The number of carbonyl (C=O) groups is 1. The number of hydrogen-bond donors (Lipinski definition) is 0. The van der Waals surface area contributed by atoms with Crippen LogP contribution in [0.5, 0.6) is 0 Å². The van der Waals surface area contributed by atoms with Crippen molar-refractivity contribution < 1.29 is 4.79 Å². The molecule has 4 aromatic rings. The molecule has 5 nitrogen and oxygen atoms in total. The standard InChI is InChI=1S/C24H20BrClN4O/c1-14-20(11-27-12-21(14)25)24(31)15(2)23-7-5-17(9-28-23)19-8-16(4-6-22(19)26)18-10-29-30(3)13-18/h4-13,15H,1-3H3. The minimum absolute atomic E-state index is 0.0110. The summed E-state index contributed by atoms with van der Waals surface area (Å²) in [5.41, 5.74) is 5.99. The van der Waals surface area contributed by atoms with Gasteiger partial charge < -0.3 is 0 Å². The topological polar surface area (TPSA) is 60.7 Å². The molecular formula is C24H20BrClN4O. The molecule has 31 heavy (non-hydrogen) atoms. The fraction of sp³-hybridized carbons (Fsp3) is 0.167. The van der Waals surface area contributed by atoms with Crippen molar-refractivity contribution in [2.24, 2.45) is 7.05 Å². The molecule has 0 fully saturated rings. The second-order valence-electron chi connectivity index (χ2n) is 7.45. The molecule has 0 saturated heterocycles. The zero-order valence-corrected chi connectivity index (χ0v) is 19.6. The highest BCUT2D eigenvalue weighted by molar-refractivity contribution is 9.10. The largest absolute Gasteiger partial charge is 0.293 e. The molecule has 1 aromatic carbocycles. The molecule has 3 aromatic heterocycles. The molecule has 3 heterocycles. The van der Waals surface area contributed by atoms with E-state index < -0.39 is 0 Å². The van der Waals surface area contributed by atoms with Crippen LogP contribution in [-0.4, -0.2) is 25.5 Å². The highest BCUT2D eigenvalue weighted by Crippen LogP contribution is 2.33. The Morgan fingerprint density at radius 2 is 1.84 bits per heavy atom. The molecule has 0 bridgehead atoms. The lowest BCUT2D eigenvalue weighted by molar-refractivity contribution is 0.0963. The van der Waals surface area contributed by atoms with Crippen LogP contribution in [0.25, 0.3) is 22.3 Å². The van der Waals surface area contributed by atoms with E-state index in [1.54, 1.807) is 23.3 Å². The summed E-state index contributed by atoms with van der Waals surface area (Å²) in [5.74, 6) is -0.399. The predicted molar refractivity (Wildman–Crippen MR) is 126 cm³/mol. The van der Waals surface area contributed by atoms with Crippen molar-refractivity contribution in [2.45, 2.75) is 19.8 Å². The van der Waals surface area contributed by atoms with Crippen molar-refractivity contribution in [3.8, 4) is 22.3 Å². The summed E-state index contributed by atoms with van der Waals surface area (Å²) < 4.78 is 2.58. The molecule has 0 N–H and O–H groups in total. The molecule has 0 saturated carbocycles. The van der Waals surface area contributed by atoms with E-state index in [2.05, 4.69) is 31.0 Å². The summed E-state index contributed by atoms with van der Waals surface area (Å²) in [6.07, 6.45) is 8.84. The first kappa shape index (κ1) is 21.4. The summed E-state index contributed by atoms with van der Waals surface area (Å²) in [7, 11) is 1.89. The van der Waals surface area contributed by atoms with Crippen LogP contribution in [0.2, 0.25) is 5.02 Å². The number of Topliss-reactive ketones (excluding diaryl/α,β-unsaturated/α-hetero) is 1. The Hall–Kier alpha value is -2.83. The number of aromatic nitrogens is 4. The number of nitrogens with zero attached hydrogens (tertiary/aromatic N) is 4. The van der Waals surface area contributed by atoms with Gasteiger partial charge in [-0.15, -0.1) is 0 Å². The Morgan fingerprint density at radius 3 is 2.52 bits per heavy atom. The fourth-order valence-corrected chi connectivity index (χ4v) is 3.99. The van der Waals surface area contributed by atoms with Gasteiger partial charge in [-0.2, -0.15) is 5.10 Å². The Balaban J connectivity index is 1.62. The number of aryl methyl sites for hydroxylation is 1. The van der Waals surface area contributed by atoms with Gasteiger partial charge in [0.05, 0.1) is 17.8 Å². The monoisotopic (exact) mass is 494 g/mol. The van der Waals surface area contributed by atoms with Gasteiger partial charge in [0.2, 0.25) is 0 Å². The van der Waals surface area contributed by atoms with E-state index in [0.29, 0.717) is 16.3 Å². The first-order valence-electron chi connectivity index (χ1n) is 9.74. The molecule has 0 spiro atoms. The van der Waals surface area contributed by atoms with E-state index in [0.717, 1.165) is 32.3 Å². The normalized spacial score (nSPS) is 12.0. The lowest BCUT2D eigenvalue weighted by atomic mass is 9.94. The molecule has 4 rings (SSSR count). The smallest absolute Gasteiger partial charge is 0.173 e. The maximum atomic E-state index is 13.0. The number of rotatable bonds is 5. The highest BCUT2D eigenvalue weighted by atomic mass is 79.9. The number of hydrogen-bond acceptors (Lipinski definition) is 4. The van der Waals surface area contributed by atoms with Crippen LogP contribution in [-0.2, 0) is 7.05 Å². The molecule has 1 unspecified atom stereocenters. The zero-order chi connectivity index (χ0) is 22.1. The van der Waals surface area contributed by atoms with Crippen molar-refractivity contribution in [3.05, 3.63) is 87.6 Å². The maximum Gasteiger partial charge on any atom is 0.173 e. The number of carbonyl (C=O) groups excluding carboxylic acids is 1. The third-order valence-electron chi connectivity index (χ3n) is 5.36. The Bertz CT molecular complexity index is 1270. The summed E-state index contributed by atoms with van der Waals surface area (Å²) in [6.45, 7) is 3.76. The van der Waals surface area contributed by atoms with E-state index in [1.807, 2.05) is 63.6 Å². The van der Waals surface area contributed by atoms with Crippen LogP contribution in [0.15, 0.2) is 65.8 Å². The third-order valence-corrected chi connectivity index (χ3v) is 6.49. The van der Waals surface area contributed by atoms with E-state index in [1.165, 1.54) is 0 Å². The van der Waals surface area contributed by atoms with Gasteiger partial charge in [0.1, 0.15) is 0 Å². The third kappa shape index (κ3) is 4.31. The Labute approximate surface area is 194 Å². The van der Waals surface area contributed by atoms with Crippen LogP contribution in [0.1, 0.15) is 34.5 Å². The molecule has 0 radical (unpaired) electrons. The van der Waals surface area contributed by atoms with Crippen molar-refractivity contribution in [2.75, 3.05) is 0 Å². The first-order chi connectivity index (χ1) is 14.8. The van der Waals surface area contributed by atoms with Crippen molar-refractivity contribution >= 4 is 33.3 Å². The number of pyridine rings is 2. The summed E-state index contributed by atoms with van der Waals surface area (Å²) in [4.78, 5) is 21.7. The molecule has 0 aliphatic rings. The van der Waals surface area contributed by atoms with Crippen LogP contribution in [0.3, 0.4) is 0 Å². The van der Waals surface area contributed by atoms with Gasteiger partial charge >= 0.3 is 0 Å². The van der Waals surface area contributed by atoms with Gasteiger partial charge in [0.25, 0.3) is 0 Å². The molecular weight excluding hydrogens is 476 g/mol. The van der Waals surface area contributed by atoms with Crippen LogP contribution < -0.4 is 0 Å². The predicted octanol–water partition coefficient (Wildman–Crippen LogP) is 6.25. The molecule has 1 atom stereocenters. The van der Waals surface area contributed by atoms with Crippen LogP contribution in [0.4, 0.5) is 0 Å². The molecule has 0 aliphatic heterocycles. The van der Waals surface area contributed by atoms with E-state index in [-0.39, 0.29) is 11.7 Å². The molecule has 0 amide bonds. The highest BCUT2D eigenvalue weighted by Gasteiger charge is 2.21. The average molecular weight is 496 g/mol. The Morgan fingerprint density at radius 1 is 1.06 bits per heavy atom. The second kappa shape index (κ2) is 8.73. The van der Waals surface area contributed by atoms with Gasteiger partial charge in [-0.05, 0) is 59.1 Å². The van der Waals surface area contributed by atoms with E-state index in [4.69, 9.17) is 11.6 Å². The first-order valence-corrected chi connectivity index (χ1v) is 10.9. The van der Waals surface area contributed by atoms with E-state index >= 15 is 0 Å². The maximum absolute atomic E-state index is 13.0.